The molecule has 1 aliphatic heterocycles. The van der Waals surface area contributed by atoms with Crippen molar-refractivity contribution in [2.45, 2.75) is 58.4 Å². The van der Waals surface area contributed by atoms with Crippen LogP contribution in [-0.4, -0.2) is 20.5 Å². The van der Waals surface area contributed by atoms with E-state index in [9.17, 15) is 10.1 Å². The second-order valence-corrected chi connectivity index (χ2v) is 7.17. The predicted octanol–water partition coefficient (Wildman–Crippen LogP) is 3.43. The molecule has 3 heterocycles. The Balaban J connectivity index is 1.95. The Morgan fingerprint density at radius 1 is 1.43 bits per heavy atom. The summed E-state index contributed by atoms with van der Waals surface area (Å²) in [5.74, 6) is 0.400. The fraction of sp³-hybridized carbons (Fsp3) is 0.529. The molecule has 5 nitrogen and oxygen atoms in total. The molecule has 0 saturated heterocycles. The highest BCUT2D eigenvalue weighted by molar-refractivity contribution is 7.14. The molecule has 0 spiro atoms. The van der Waals surface area contributed by atoms with E-state index in [0.717, 1.165) is 49.4 Å². The molecule has 0 saturated carbocycles. The van der Waals surface area contributed by atoms with E-state index in [-0.39, 0.29) is 5.78 Å². The summed E-state index contributed by atoms with van der Waals surface area (Å²) in [6.45, 7) is 4.89. The van der Waals surface area contributed by atoms with Gasteiger partial charge in [0.1, 0.15) is 5.82 Å². The lowest BCUT2D eigenvalue weighted by molar-refractivity contribution is 0.0978. The van der Waals surface area contributed by atoms with Crippen LogP contribution in [0.1, 0.15) is 63.9 Å². The van der Waals surface area contributed by atoms with Gasteiger partial charge < -0.3 is 4.57 Å². The van der Waals surface area contributed by atoms with Gasteiger partial charge in [0.15, 0.2) is 17.5 Å². The summed E-state index contributed by atoms with van der Waals surface area (Å²) < 4.78 is 1.99. The van der Waals surface area contributed by atoms with E-state index in [2.05, 4.69) is 23.2 Å². The van der Waals surface area contributed by atoms with Crippen molar-refractivity contribution in [1.82, 2.24) is 14.8 Å². The van der Waals surface area contributed by atoms with Crippen molar-refractivity contribution in [1.29, 1.82) is 5.26 Å². The molecule has 6 heteroatoms. The summed E-state index contributed by atoms with van der Waals surface area (Å²) in [5, 5.41) is 18.0. The van der Waals surface area contributed by atoms with Crippen LogP contribution in [0.3, 0.4) is 0 Å². The number of hydrogen-bond acceptors (Lipinski definition) is 5. The minimum absolute atomic E-state index is 0.153. The normalized spacial score (nSPS) is 15.5. The van der Waals surface area contributed by atoms with Gasteiger partial charge in [-0.05, 0) is 37.8 Å². The summed E-state index contributed by atoms with van der Waals surface area (Å²) >= 11 is 1.47. The molecule has 0 bridgehead atoms. The van der Waals surface area contributed by atoms with E-state index in [1.54, 1.807) is 0 Å². The van der Waals surface area contributed by atoms with Crippen molar-refractivity contribution in [2.75, 3.05) is 0 Å². The van der Waals surface area contributed by atoms with E-state index in [0.29, 0.717) is 10.7 Å². The Bertz CT molecular complexity index is 768. The second kappa shape index (κ2) is 6.63. The second-order valence-electron chi connectivity index (χ2n) is 5.91. The van der Waals surface area contributed by atoms with Crippen LogP contribution in [0.4, 0.5) is 0 Å². The summed E-state index contributed by atoms with van der Waals surface area (Å²) in [6, 6.07) is 4.08. The van der Waals surface area contributed by atoms with E-state index >= 15 is 0 Å². The molecule has 23 heavy (non-hydrogen) atoms. The van der Waals surface area contributed by atoms with E-state index in [1.807, 2.05) is 17.6 Å². The highest BCUT2D eigenvalue weighted by Crippen LogP contribution is 2.28. The van der Waals surface area contributed by atoms with Gasteiger partial charge in [0.25, 0.3) is 0 Å². The lowest BCUT2D eigenvalue weighted by Gasteiger charge is -2.10. The molecule has 120 valence electrons. The van der Waals surface area contributed by atoms with E-state index in [4.69, 9.17) is 0 Å². The molecule has 0 amide bonds. The van der Waals surface area contributed by atoms with Crippen LogP contribution in [0.2, 0.25) is 0 Å². The number of aryl methyl sites for hydroxylation is 3. The summed E-state index contributed by atoms with van der Waals surface area (Å²) in [7, 11) is 0. The van der Waals surface area contributed by atoms with Gasteiger partial charge in [-0.15, -0.1) is 21.5 Å². The SMILES string of the molecule is CCc1cc(C(=O)C(C#N)c2nnc3n2CCCCC3)sc1C. The molecular weight excluding hydrogens is 308 g/mol. The first-order valence-electron chi connectivity index (χ1n) is 8.10. The van der Waals surface area contributed by atoms with E-state index in [1.165, 1.54) is 16.9 Å². The maximum atomic E-state index is 12.8. The number of thiophene rings is 1. The maximum absolute atomic E-state index is 12.8. The lowest BCUT2D eigenvalue weighted by atomic mass is 10.0. The summed E-state index contributed by atoms with van der Waals surface area (Å²) in [5.41, 5.74) is 1.18. The minimum Gasteiger partial charge on any atom is -0.313 e. The molecule has 0 N–H and O–H groups in total. The molecule has 1 atom stereocenters. The number of carbonyl (C=O) groups excluding carboxylic acids is 1. The van der Waals surface area contributed by atoms with Crippen molar-refractivity contribution in [3.63, 3.8) is 0 Å². The summed E-state index contributed by atoms with van der Waals surface area (Å²) in [4.78, 5) is 14.6. The van der Waals surface area contributed by atoms with Gasteiger partial charge in [0.2, 0.25) is 0 Å². The first-order chi connectivity index (χ1) is 11.2. The maximum Gasteiger partial charge on any atom is 0.197 e. The van der Waals surface area contributed by atoms with Gasteiger partial charge in [-0.25, -0.2) is 0 Å². The smallest absolute Gasteiger partial charge is 0.197 e. The topological polar surface area (TPSA) is 71.6 Å². The largest absolute Gasteiger partial charge is 0.313 e. The molecule has 0 fully saturated rings. The number of nitriles is 1. The third kappa shape index (κ3) is 2.93. The molecule has 0 radical (unpaired) electrons. The molecule has 2 aromatic rings. The molecule has 2 aromatic heterocycles. The summed E-state index contributed by atoms with van der Waals surface area (Å²) in [6.07, 6.45) is 5.05. The zero-order valence-corrected chi connectivity index (χ0v) is 14.3. The molecule has 0 aliphatic carbocycles. The molecular formula is C17H20N4OS. The van der Waals surface area contributed by atoms with Crippen molar-refractivity contribution < 1.29 is 4.79 Å². The Morgan fingerprint density at radius 2 is 2.26 bits per heavy atom. The number of carbonyl (C=O) groups is 1. The van der Waals surface area contributed by atoms with Gasteiger partial charge >= 0.3 is 0 Å². The van der Waals surface area contributed by atoms with Gasteiger partial charge in [0.05, 0.1) is 10.9 Å². The quantitative estimate of drug-likeness (QED) is 0.806. The number of aromatic nitrogens is 3. The number of fused-ring (bicyclic) bond motifs is 1. The molecule has 0 aromatic carbocycles. The third-order valence-corrected chi connectivity index (χ3v) is 5.54. The fourth-order valence-corrected chi connectivity index (χ4v) is 4.17. The lowest BCUT2D eigenvalue weighted by Crippen LogP contribution is -2.17. The Hall–Kier alpha value is -2.00. The van der Waals surface area contributed by atoms with Crippen LogP contribution < -0.4 is 0 Å². The number of ketones is 1. The van der Waals surface area contributed by atoms with Crippen molar-refractivity contribution >= 4 is 17.1 Å². The van der Waals surface area contributed by atoms with Crippen LogP contribution in [-0.2, 0) is 19.4 Å². The molecule has 3 rings (SSSR count). The average molecular weight is 328 g/mol. The Morgan fingerprint density at radius 3 is 2.96 bits per heavy atom. The minimum atomic E-state index is -0.864. The monoisotopic (exact) mass is 328 g/mol. The van der Waals surface area contributed by atoms with Gasteiger partial charge in [-0.1, -0.05) is 13.3 Å². The van der Waals surface area contributed by atoms with Crippen LogP contribution >= 0.6 is 11.3 Å². The Kier molecular flexibility index (Phi) is 4.58. The van der Waals surface area contributed by atoms with Gasteiger partial charge in [-0.3, -0.25) is 4.79 Å². The average Bonchev–Trinajstić information content (AvgIpc) is 3.04. The number of hydrogen-bond donors (Lipinski definition) is 0. The standard InChI is InChI=1S/C17H20N4OS/c1-3-12-9-14(23-11(12)2)16(22)13(10-18)17-20-19-15-7-5-4-6-8-21(15)17/h9,13H,3-8H2,1-2H3. The van der Waals surface area contributed by atoms with Crippen molar-refractivity contribution in [3.8, 4) is 6.07 Å². The third-order valence-electron chi connectivity index (χ3n) is 4.43. The van der Waals surface area contributed by atoms with Gasteiger partial charge in [0, 0.05) is 17.8 Å². The zero-order chi connectivity index (χ0) is 16.4. The number of nitrogens with zero attached hydrogens (tertiary/aromatic N) is 4. The number of Topliss-reactive ketones (excluding diaryl/α,β-unsaturated/α-hetero) is 1. The highest BCUT2D eigenvalue weighted by atomic mass is 32.1. The number of rotatable bonds is 4. The predicted molar refractivity (Wildman–Crippen MR) is 88.7 cm³/mol. The Labute approximate surface area is 140 Å². The highest BCUT2D eigenvalue weighted by Gasteiger charge is 2.30. The molecule has 1 unspecified atom stereocenters. The van der Waals surface area contributed by atoms with Crippen LogP contribution in [0.15, 0.2) is 6.07 Å². The van der Waals surface area contributed by atoms with Crippen molar-refractivity contribution in [3.05, 3.63) is 33.0 Å². The van der Waals surface area contributed by atoms with Crippen LogP contribution in [0.5, 0.6) is 0 Å². The first kappa shape index (κ1) is 15.9. The van der Waals surface area contributed by atoms with Crippen LogP contribution in [0, 0.1) is 18.3 Å². The molecule has 1 aliphatic rings. The zero-order valence-electron chi connectivity index (χ0n) is 13.5. The van der Waals surface area contributed by atoms with Crippen LogP contribution in [0.25, 0.3) is 0 Å². The van der Waals surface area contributed by atoms with Crippen molar-refractivity contribution in [2.24, 2.45) is 0 Å². The van der Waals surface area contributed by atoms with E-state index < -0.39 is 5.92 Å². The fourth-order valence-electron chi connectivity index (χ4n) is 3.09. The first-order valence-corrected chi connectivity index (χ1v) is 8.92. The van der Waals surface area contributed by atoms with Gasteiger partial charge in [-0.2, -0.15) is 5.26 Å².